The molecule has 1 aromatic heterocycles. The van der Waals surface area contributed by atoms with Gasteiger partial charge in [-0.2, -0.15) is 0 Å². The lowest BCUT2D eigenvalue weighted by Gasteiger charge is -2.23. The third kappa shape index (κ3) is 4.16. The summed E-state index contributed by atoms with van der Waals surface area (Å²) in [6.45, 7) is 2.02. The summed E-state index contributed by atoms with van der Waals surface area (Å²) in [5, 5.41) is 5.79. The van der Waals surface area contributed by atoms with E-state index in [-0.39, 0.29) is 23.7 Å². The van der Waals surface area contributed by atoms with Crippen molar-refractivity contribution in [3.05, 3.63) is 44.7 Å². The van der Waals surface area contributed by atoms with Gasteiger partial charge in [0, 0.05) is 22.3 Å². The number of hydrogen-bond donors (Lipinski definition) is 3. The van der Waals surface area contributed by atoms with Crippen molar-refractivity contribution in [2.45, 2.75) is 30.8 Å². The molecular formula is C17H17BrN4O3S. The van der Waals surface area contributed by atoms with E-state index in [1.165, 1.54) is 11.8 Å². The van der Waals surface area contributed by atoms with Gasteiger partial charge in [0.2, 0.25) is 11.8 Å². The van der Waals surface area contributed by atoms with E-state index in [0.29, 0.717) is 10.8 Å². The van der Waals surface area contributed by atoms with Crippen molar-refractivity contribution in [3.8, 4) is 0 Å². The quantitative estimate of drug-likeness (QED) is 0.493. The summed E-state index contributed by atoms with van der Waals surface area (Å²) in [5.74, 6) is -0.672. The highest BCUT2D eigenvalue weighted by molar-refractivity contribution is 9.10. The smallest absolute Gasteiger partial charge is 0.257 e. The number of carbonyl (C=O) groups is 2. The molecule has 1 atom stereocenters. The number of nitrogens with zero attached hydrogens (tertiary/aromatic N) is 1. The van der Waals surface area contributed by atoms with E-state index in [2.05, 4.69) is 36.5 Å². The van der Waals surface area contributed by atoms with E-state index in [1.54, 1.807) is 24.3 Å². The Kier molecular flexibility index (Phi) is 5.77. The SMILES string of the molecule is CCCSc1nc2c(c(=O)[nH]1)C(C(=O)Nc1ccc(Br)cc1)CC(=O)N2. The first-order chi connectivity index (χ1) is 12.5. The number of hydrogen-bond acceptors (Lipinski definition) is 5. The van der Waals surface area contributed by atoms with Crippen LogP contribution < -0.4 is 16.2 Å². The van der Waals surface area contributed by atoms with E-state index in [9.17, 15) is 14.4 Å². The second-order valence-electron chi connectivity index (χ2n) is 5.78. The zero-order chi connectivity index (χ0) is 18.7. The van der Waals surface area contributed by atoms with Gasteiger partial charge >= 0.3 is 0 Å². The van der Waals surface area contributed by atoms with Crippen LogP contribution in [0.25, 0.3) is 0 Å². The number of nitrogens with one attached hydrogen (secondary N) is 3. The van der Waals surface area contributed by atoms with Gasteiger partial charge in [-0.05, 0) is 30.7 Å². The van der Waals surface area contributed by atoms with Crippen LogP contribution in [0.3, 0.4) is 0 Å². The number of anilines is 2. The van der Waals surface area contributed by atoms with Crippen LogP contribution in [-0.4, -0.2) is 27.5 Å². The van der Waals surface area contributed by atoms with Crippen molar-refractivity contribution < 1.29 is 9.59 Å². The molecule has 2 heterocycles. The Bertz CT molecular complexity index is 898. The van der Waals surface area contributed by atoms with Crippen LogP contribution in [0.2, 0.25) is 0 Å². The molecule has 0 fully saturated rings. The van der Waals surface area contributed by atoms with E-state index < -0.39 is 17.4 Å². The average molecular weight is 437 g/mol. The maximum Gasteiger partial charge on any atom is 0.257 e. The van der Waals surface area contributed by atoms with Crippen LogP contribution in [0.15, 0.2) is 38.7 Å². The van der Waals surface area contributed by atoms with Gasteiger partial charge in [0.05, 0.1) is 11.5 Å². The Hall–Kier alpha value is -2.13. The van der Waals surface area contributed by atoms with Crippen LogP contribution in [0.4, 0.5) is 11.5 Å². The number of fused-ring (bicyclic) bond motifs is 1. The molecule has 0 spiro atoms. The summed E-state index contributed by atoms with van der Waals surface area (Å²) in [7, 11) is 0. The van der Waals surface area contributed by atoms with Crippen LogP contribution in [-0.2, 0) is 9.59 Å². The molecular weight excluding hydrogens is 420 g/mol. The lowest BCUT2D eigenvalue weighted by atomic mass is 9.92. The molecule has 1 aromatic carbocycles. The molecule has 136 valence electrons. The summed E-state index contributed by atoms with van der Waals surface area (Å²) < 4.78 is 0.885. The summed E-state index contributed by atoms with van der Waals surface area (Å²) in [6.07, 6.45) is 0.831. The van der Waals surface area contributed by atoms with Crippen molar-refractivity contribution in [1.82, 2.24) is 9.97 Å². The minimum atomic E-state index is -0.885. The number of amides is 2. The molecule has 0 saturated heterocycles. The van der Waals surface area contributed by atoms with E-state index in [1.807, 2.05) is 6.92 Å². The second kappa shape index (κ2) is 8.05. The normalized spacial score (nSPS) is 15.9. The average Bonchev–Trinajstić information content (AvgIpc) is 2.60. The lowest BCUT2D eigenvalue weighted by Crippen LogP contribution is -2.36. The molecule has 1 aliphatic rings. The number of benzene rings is 1. The monoisotopic (exact) mass is 436 g/mol. The Morgan fingerprint density at radius 1 is 1.35 bits per heavy atom. The van der Waals surface area contributed by atoms with Crippen molar-refractivity contribution in [2.75, 3.05) is 16.4 Å². The third-order valence-electron chi connectivity index (χ3n) is 3.80. The van der Waals surface area contributed by atoms with Crippen molar-refractivity contribution in [3.63, 3.8) is 0 Å². The van der Waals surface area contributed by atoms with Crippen LogP contribution >= 0.6 is 27.7 Å². The Balaban J connectivity index is 1.90. The van der Waals surface area contributed by atoms with Gasteiger partial charge in [0.1, 0.15) is 5.82 Å². The number of aromatic nitrogens is 2. The predicted molar refractivity (Wildman–Crippen MR) is 105 cm³/mol. The molecule has 2 aromatic rings. The number of H-pyrrole nitrogens is 1. The molecule has 0 saturated carbocycles. The zero-order valence-corrected chi connectivity index (χ0v) is 16.4. The van der Waals surface area contributed by atoms with Gasteiger partial charge in [-0.1, -0.05) is 34.6 Å². The molecule has 1 aliphatic heterocycles. The van der Waals surface area contributed by atoms with Gasteiger partial charge in [0.25, 0.3) is 5.56 Å². The highest BCUT2D eigenvalue weighted by atomic mass is 79.9. The standard InChI is InChI=1S/C17H17BrN4O3S/c1-2-7-26-17-21-14-13(16(25)22-17)11(8-12(23)20-14)15(24)19-10-5-3-9(18)4-6-10/h3-6,11H,2,7-8H2,1H3,(H,19,24)(H2,20,21,22,23,25). The molecule has 1 unspecified atom stereocenters. The van der Waals surface area contributed by atoms with Crippen LogP contribution in [0.1, 0.15) is 31.2 Å². The fourth-order valence-corrected chi connectivity index (χ4v) is 3.59. The second-order valence-corrected chi connectivity index (χ2v) is 7.78. The van der Waals surface area contributed by atoms with E-state index >= 15 is 0 Å². The van der Waals surface area contributed by atoms with E-state index in [0.717, 1.165) is 16.6 Å². The molecule has 26 heavy (non-hydrogen) atoms. The topological polar surface area (TPSA) is 104 Å². The molecule has 0 aliphatic carbocycles. The molecule has 3 N–H and O–H groups in total. The van der Waals surface area contributed by atoms with Gasteiger partial charge in [-0.25, -0.2) is 4.98 Å². The number of aromatic amines is 1. The van der Waals surface area contributed by atoms with E-state index in [4.69, 9.17) is 0 Å². The van der Waals surface area contributed by atoms with Gasteiger partial charge in [0.15, 0.2) is 5.16 Å². The highest BCUT2D eigenvalue weighted by Crippen LogP contribution is 2.30. The first-order valence-electron chi connectivity index (χ1n) is 8.11. The molecule has 0 bridgehead atoms. The van der Waals surface area contributed by atoms with Crippen LogP contribution in [0.5, 0.6) is 0 Å². The Morgan fingerprint density at radius 2 is 2.08 bits per heavy atom. The fourth-order valence-electron chi connectivity index (χ4n) is 2.60. The maximum absolute atomic E-state index is 12.7. The van der Waals surface area contributed by atoms with Gasteiger partial charge in [-0.15, -0.1) is 0 Å². The summed E-state index contributed by atoms with van der Waals surface area (Å²) in [4.78, 5) is 44.2. The minimum absolute atomic E-state index is 0.0957. The predicted octanol–water partition coefficient (Wildman–Crippen LogP) is 3.10. The van der Waals surface area contributed by atoms with Crippen molar-refractivity contribution in [1.29, 1.82) is 0 Å². The molecule has 0 radical (unpaired) electrons. The largest absolute Gasteiger partial charge is 0.326 e. The Morgan fingerprint density at radius 3 is 2.77 bits per heavy atom. The van der Waals surface area contributed by atoms with Gasteiger partial charge < -0.3 is 15.6 Å². The fraction of sp³-hybridized carbons (Fsp3) is 0.294. The van der Waals surface area contributed by atoms with Crippen LogP contribution in [0, 0.1) is 0 Å². The number of carbonyl (C=O) groups excluding carboxylic acids is 2. The Labute approximate surface area is 162 Å². The van der Waals surface area contributed by atoms with Crippen molar-refractivity contribution in [2.24, 2.45) is 0 Å². The molecule has 3 rings (SSSR count). The maximum atomic E-state index is 12.7. The van der Waals surface area contributed by atoms with Gasteiger partial charge in [-0.3, -0.25) is 14.4 Å². The lowest BCUT2D eigenvalue weighted by molar-refractivity contribution is -0.123. The number of rotatable bonds is 5. The minimum Gasteiger partial charge on any atom is -0.326 e. The molecule has 7 nitrogen and oxygen atoms in total. The summed E-state index contributed by atoms with van der Waals surface area (Å²) in [5.41, 5.74) is 0.384. The first-order valence-corrected chi connectivity index (χ1v) is 9.89. The first kappa shape index (κ1) is 18.7. The molecule has 9 heteroatoms. The third-order valence-corrected chi connectivity index (χ3v) is 5.41. The number of halogens is 1. The summed E-state index contributed by atoms with van der Waals surface area (Å²) >= 11 is 4.73. The number of thioether (sulfide) groups is 1. The molecule has 2 amide bonds. The summed E-state index contributed by atoms with van der Waals surface area (Å²) in [6, 6.07) is 7.06. The van der Waals surface area contributed by atoms with Crippen molar-refractivity contribution >= 4 is 51.0 Å². The highest BCUT2D eigenvalue weighted by Gasteiger charge is 2.34. The zero-order valence-electron chi connectivity index (χ0n) is 14.0.